The van der Waals surface area contributed by atoms with Crippen LogP contribution in [0.5, 0.6) is 0 Å². The van der Waals surface area contributed by atoms with Gasteiger partial charge < -0.3 is 20.2 Å². The fourth-order valence-corrected chi connectivity index (χ4v) is 6.80. The zero-order valence-electron chi connectivity index (χ0n) is 20.0. The molecule has 2 aromatic rings. The lowest BCUT2D eigenvalue weighted by Gasteiger charge is -2.35. The van der Waals surface area contributed by atoms with Gasteiger partial charge in [0.15, 0.2) is 0 Å². The van der Waals surface area contributed by atoms with Gasteiger partial charge in [0.05, 0.1) is 34.3 Å². The molecule has 0 bridgehead atoms. The molecule has 35 heavy (non-hydrogen) atoms. The summed E-state index contributed by atoms with van der Waals surface area (Å²) in [5, 5.41) is 14.2. The van der Waals surface area contributed by atoms with Crippen LogP contribution < -0.4 is 19.8 Å². The second-order valence-electron chi connectivity index (χ2n) is 10.0. The van der Waals surface area contributed by atoms with Crippen LogP contribution in [0, 0.1) is 5.41 Å². The fourth-order valence-electron chi connectivity index (χ4n) is 5.16. The Kier molecular flexibility index (Phi) is 6.96. The highest BCUT2D eigenvalue weighted by Crippen LogP contribution is 2.54. The molecule has 5 rings (SSSR count). The highest BCUT2D eigenvalue weighted by atomic mass is 32.2. The first-order valence-electron chi connectivity index (χ1n) is 12.5. The lowest BCUT2D eigenvalue weighted by molar-refractivity contribution is 0.103. The van der Waals surface area contributed by atoms with Crippen LogP contribution in [0.25, 0.3) is 0 Å². The van der Waals surface area contributed by atoms with E-state index in [9.17, 15) is 13.2 Å². The first-order valence-corrected chi connectivity index (χ1v) is 15.0. The van der Waals surface area contributed by atoms with Gasteiger partial charge in [0.2, 0.25) is 10.0 Å². The molecule has 1 spiro atoms. The average Bonchev–Trinajstić information content (AvgIpc) is 3.40. The Labute approximate surface area is 211 Å². The van der Waals surface area contributed by atoms with Gasteiger partial charge in [-0.1, -0.05) is 0 Å². The van der Waals surface area contributed by atoms with Crippen LogP contribution in [-0.4, -0.2) is 58.0 Å². The van der Waals surface area contributed by atoms with Crippen molar-refractivity contribution in [2.45, 2.75) is 44.9 Å². The molecule has 2 aliphatic heterocycles. The normalized spacial score (nSPS) is 19.6. The average molecular weight is 519 g/mol. The Morgan fingerprint density at radius 1 is 1.00 bits per heavy atom. The van der Waals surface area contributed by atoms with Crippen molar-refractivity contribution in [3.8, 4) is 0 Å². The van der Waals surface area contributed by atoms with Crippen molar-refractivity contribution >= 4 is 50.0 Å². The van der Waals surface area contributed by atoms with E-state index in [4.69, 9.17) is 5.11 Å². The first-order chi connectivity index (χ1) is 16.9. The Morgan fingerprint density at radius 3 is 2.43 bits per heavy atom. The summed E-state index contributed by atoms with van der Waals surface area (Å²) in [6.45, 7) is 3.39. The zero-order valence-corrected chi connectivity index (χ0v) is 21.6. The van der Waals surface area contributed by atoms with E-state index in [0.717, 1.165) is 50.4 Å². The minimum absolute atomic E-state index is 0.149. The lowest BCUT2D eigenvalue weighted by atomic mass is 9.93. The molecule has 1 aromatic carbocycles. The Hall–Kier alpha value is -2.30. The minimum Gasteiger partial charge on any atom is -0.395 e. The van der Waals surface area contributed by atoms with Crippen LogP contribution in [0.2, 0.25) is 0 Å². The zero-order chi connectivity index (χ0) is 24.5. The molecular formula is C25H34N4O4S2. The summed E-state index contributed by atoms with van der Waals surface area (Å²) >= 11 is 1.45. The van der Waals surface area contributed by atoms with Crippen LogP contribution in [-0.2, 0) is 10.0 Å². The maximum Gasteiger partial charge on any atom is 0.265 e. The molecule has 3 aliphatic rings. The molecule has 1 amide bonds. The van der Waals surface area contributed by atoms with E-state index < -0.39 is 16.6 Å². The number of hydrogen-bond donors (Lipinski definition) is 3. The summed E-state index contributed by atoms with van der Waals surface area (Å²) in [7, 11) is -3.64. The number of carbonyl (C=O) groups is 1. The van der Waals surface area contributed by atoms with E-state index in [2.05, 4.69) is 25.2 Å². The van der Waals surface area contributed by atoms with E-state index in [1.807, 2.05) is 6.07 Å². The van der Waals surface area contributed by atoms with Crippen molar-refractivity contribution in [2.75, 3.05) is 58.4 Å². The number of nitrogens with zero attached hydrogens (tertiary/aromatic N) is 2. The van der Waals surface area contributed by atoms with Crippen molar-refractivity contribution in [2.24, 2.45) is 5.41 Å². The SMILES string of the molecule is O=C(Nc1ccc(NS(=O)(=O)CCO)cc1N1CCC2(CC1)CC2)c1cc(N2CCCCC2)cs1. The molecule has 0 unspecified atom stereocenters. The number of piperidine rings is 2. The Morgan fingerprint density at radius 2 is 1.74 bits per heavy atom. The molecular weight excluding hydrogens is 484 g/mol. The second kappa shape index (κ2) is 9.99. The highest BCUT2D eigenvalue weighted by Gasteiger charge is 2.44. The minimum atomic E-state index is -3.64. The number of amides is 1. The maximum absolute atomic E-state index is 13.2. The molecule has 190 valence electrons. The summed E-state index contributed by atoms with van der Waals surface area (Å²) in [4.78, 5) is 18.4. The number of aliphatic hydroxyl groups is 1. The first kappa shape index (κ1) is 24.4. The van der Waals surface area contributed by atoms with Crippen molar-refractivity contribution in [3.63, 3.8) is 0 Å². The van der Waals surface area contributed by atoms with Crippen molar-refractivity contribution < 1.29 is 18.3 Å². The molecule has 3 N–H and O–H groups in total. The highest BCUT2D eigenvalue weighted by molar-refractivity contribution is 7.92. The van der Waals surface area contributed by atoms with Crippen molar-refractivity contribution in [1.29, 1.82) is 0 Å². The smallest absolute Gasteiger partial charge is 0.265 e. The van der Waals surface area contributed by atoms with E-state index in [1.165, 1.54) is 43.4 Å². The molecule has 0 atom stereocenters. The van der Waals surface area contributed by atoms with Crippen LogP contribution in [0.1, 0.15) is 54.6 Å². The number of anilines is 4. The molecule has 3 heterocycles. The second-order valence-corrected chi connectivity index (χ2v) is 12.8. The number of aliphatic hydroxyl groups excluding tert-OH is 1. The number of thiophene rings is 1. The largest absolute Gasteiger partial charge is 0.395 e. The maximum atomic E-state index is 13.2. The number of benzene rings is 1. The van der Waals surface area contributed by atoms with Gasteiger partial charge in [-0.05, 0) is 74.6 Å². The summed E-state index contributed by atoms with van der Waals surface area (Å²) in [6.07, 6.45) is 8.46. The van der Waals surface area contributed by atoms with Crippen LogP contribution in [0.15, 0.2) is 29.6 Å². The third kappa shape index (κ3) is 5.76. The predicted molar refractivity (Wildman–Crippen MR) is 142 cm³/mol. The summed E-state index contributed by atoms with van der Waals surface area (Å²) in [6, 6.07) is 7.20. The third-order valence-electron chi connectivity index (χ3n) is 7.53. The molecule has 1 saturated carbocycles. The van der Waals surface area contributed by atoms with Gasteiger partial charge in [-0.3, -0.25) is 9.52 Å². The van der Waals surface area contributed by atoms with Crippen molar-refractivity contribution in [3.05, 3.63) is 34.5 Å². The van der Waals surface area contributed by atoms with Crippen LogP contribution >= 0.6 is 11.3 Å². The number of nitrogens with one attached hydrogen (secondary N) is 2. The van der Waals surface area contributed by atoms with Crippen LogP contribution in [0.4, 0.5) is 22.7 Å². The number of carbonyl (C=O) groups excluding carboxylic acids is 1. The lowest BCUT2D eigenvalue weighted by Crippen LogP contribution is -2.35. The molecule has 3 fully saturated rings. The molecule has 10 heteroatoms. The predicted octanol–water partition coefficient (Wildman–Crippen LogP) is 4.11. The molecule has 1 aromatic heterocycles. The summed E-state index contributed by atoms with van der Waals surface area (Å²) in [5.74, 6) is -0.506. The number of hydrogen-bond acceptors (Lipinski definition) is 7. The van der Waals surface area contributed by atoms with Gasteiger partial charge in [0, 0.05) is 37.2 Å². The van der Waals surface area contributed by atoms with E-state index in [1.54, 1.807) is 18.2 Å². The fraction of sp³-hybridized carbons (Fsp3) is 0.560. The summed E-state index contributed by atoms with van der Waals surface area (Å²) < 4.78 is 27.0. The molecule has 8 nitrogen and oxygen atoms in total. The van der Waals surface area contributed by atoms with Gasteiger partial charge in [0.1, 0.15) is 0 Å². The van der Waals surface area contributed by atoms with Crippen LogP contribution in [0.3, 0.4) is 0 Å². The Balaban J connectivity index is 1.36. The molecule has 1 aliphatic carbocycles. The van der Waals surface area contributed by atoms with Gasteiger partial charge >= 0.3 is 0 Å². The quantitative estimate of drug-likeness (QED) is 0.486. The number of sulfonamides is 1. The molecule has 0 radical (unpaired) electrons. The van der Waals surface area contributed by atoms with E-state index in [0.29, 0.717) is 21.7 Å². The number of rotatable bonds is 8. The topological polar surface area (TPSA) is 102 Å². The van der Waals surface area contributed by atoms with Gasteiger partial charge in [0.25, 0.3) is 5.91 Å². The van der Waals surface area contributed by atoms with Gasteiger partial charge in [-0.25, -0.2) is 8.42 Å². The van der Waals surface area contributed by atoms with E-state index >= 15 is 0 Å². The summed E-state index contributed by atoms with van der Waals surface area (Å²) in [5.41, 5.74) is 3.55. The monoisotopic (exact) mass is 518 g/mol. The van der Waals surface area contributed by atoms with Gasteiger partial charge in [-0.2, -0.15) is 0 Å². The standard InChI is InChI=1S/C25H34N4O4S2/c30-14-15-35(32,33)27-19-4-5-21(22(16-19)29-12-8-25(6-7-25)9-13-29)26-24(31)23-17-20(18-34-23)28-10-2-1-3-11-28/h4-5,16-18,27,30H,1-3,6-15H2,(H,26,31). The Bertz CT molecular complexity index is 1160. The third-order valence-corrected chi connectivity index (χ3v) is 9.72. The molecule has 2 saturated heterocycles. The van der Waals surface area contributed by atoms with E-state index in [-0.39, 0.29) is 11.7 Å². The van der Waals surface area contributed by atoms with Gasteiger partial charge in [-0.15, -0.1) is 11.3 Å². The van der Waals surface area contributed by atoms with Crippen molar-refractivity contribution in [1.82, 2.24) is 0 Å².